The van der Waals surface area contributed by atoms with Crippen molar-refractivity contribution in [2.24, 2.45) is 5.14 Å². The molecule has 0 unspecified atom stereocenters. The van der Waals surface area contributed by atoms with Gasteiger partial charge in [0, 0.05) is 0 Å². The Balaban J connectivity index is 1.90. The van der Waals surface area contributed by atoms with Gasteiger partial charge >= 0.3 is 120 Å². The van der Waals surface area contributed by atoms with E-state index in [1.54, 1.807) is 12.1 Å². The predicted molar refractivity (Wildman–Crippen MR) is 78.2 cm³/mol. The molecule has 5 heteroatoms. The van der Waals surface area contributed by atoms with Crippen molar-refractivity contribution in [3.8, 4) is 0 Å². The predicted octanol–water partition coefficient (Wildman–Crippen LogP) is 1.32. The van der Waals surface area contributed by atoms with Crippen LogP contribution in [0.3, 0.4) is 0 Å². The first-order valence-electron chi connectivity index (χ1n) is 5.85. The second-order valence-electron chi connectivity index (χ2n) is 4.10. The van der Waals surface area contributed by atoms with E-state index < -0.39 is 10.0 Å². The second kappa shape index (κ2) is 6.35. The fraction of sp³-hybridized carbons (Fsp3) is 0.143. The van der Waals surface area contributed by atoms with E-state index in [9.17, 15) is 8.42 Å². The van der Waals surface area contributed by atoms with E-state index in [4.69, 9.17) is 5.14 Å². The molecule has 2 aromatic rings. The normalized spacial score (nSPS) is 11.4. The van der Waals surface area contributed by atoms with Gasteiger partial charge in [0.15, 0.2) is 0 Å². The minimum atomic E-state index is -3.58. The summed E-state index contributed by atoms with van der Waals surface area (Å²) in [5, 5.41) is 6.16. The molecular weight excluding hydrogens is 325 g/mol. The Bertz CT molecular complexity index is 624. The minimum absolute atomic E-state index is 0.176. The molecule has 0 atom stereocenters. The zero-order chi connectivity index (χ0) is 13.7. The van der Waals surface area contributed by atoms with Crippen LogP contribution in [0.15, 0.2) is 59.5 Å². The Morgan fingerprint density at radius 3 is 2.16 bits per heavy atom. The van der Waals surface area contributed by atoms with Crippen LogP contribution < -0.4 is 9.60 Å². The molecule has 0 aliphatic rings. The van der Waals surface area contributed by atoms with Crippen LogP contribution in [0.1, 0.15) is 5.56 Å². The Morgan fingerprint density at radius 1 is 0.947 bits per heavy atom. The van der Waals surface area contributed by atoms with Crippen LogP contribution >= 0.6 is 0 Å². The van der Waals surface area contributed by atoms with E-state index in [2.05, 4.69) is 12.1 Å². The fourth-order valence-electron chi connectivity index (χ4n) is 1.66. The Morgan fingerprint density at radius 2 is 1.58 bits per heavy atom. The van der Waals surface area contributed by atoms with Crippen LogP contribution in [-0.4, -0.2) is 23.4 Å². The number of hydrogen-bond acceptors (Lipinski definition) is 2. The molecule has 2 N–H and O–H groups in total. The summed E-state index contributed by atoms with van der Waals surface area (Å²) in [5.41, 5.74) is 1.34. The molecule has 0 saturated carbocycles. The molecule has 0 bridgehead atoms. The molecule has 0 aliphatic heterocycles. The van der Waals surface area contributed by atoms with Gasteiger partial charge in [0.2, 0.25) is 0 Å². The standard InChI is InChI=1S/C14H15NO2SSe/c15-18(16,17)13-6-8-14(9-7-13)19-11-10-12-4-2-1-3-5-12/h1-9H,10-11H2,(H2,15,16,17). The van der Waals surface area contributed by atoms with Crippen molar-refractivity contribution in [3.63, 3.8) is 0 Å². The SMILES string of the molecule is NS(=O)(=O)c1ccc([Se]CCc2ccccc2)cc1. The average Bonchev–Trinajstić information content (AvgIpc) is 2.39. The van der Waals surface area contributed by atoms with Crippen LogP contribution in [0.25, 0.3) is 0 Å². The monoisotopic (exact) mass is 341 g/mol. The van der Waals surface area contributed by atoms with E-state index in [-0.39, 0.29) is 4.90 Å². The Hall–Kier alpha value is -1.13. The third-order valence-electron chi connectivity index (χ3n) is 2.65. The zero-order valence-corrected chi connectivity index (χ0v) is 12.9. The van der Waals surface area contributed by atoms with Crippen molar-refractivity contribution in [1.29, 1.82) is 0 Å². The van der Waals surface area contributed by atoms with Gasteiger partial charge in [-0.3, -0.25) is 0 Å². The van der Waals surface area contributed by atoms with Gasteiger partial charge in [-0.15, -0.1) is 0 Å². The maximum absolute atomic E-state index is 11.1. The van der Waals surface area contributed by atoms with Gasteiger partial charge in [0.05, 0.1) is 0 Å². The zero-order valence-electron chi connectivity index (χ0n) is 10.3. The molecule has 0 heterocycles. The first-order valence-corrected chi connectivity index (χ1v) is 9.47. The number of rotatable bonds is 5. The van der Waals surface area contributed by atoms with Crippen LogP contribution in [-0.2, 0) is 16.4 Å². The first-order chi connectivity index (χ1) is 9.05. The van der Waals surface area contributed by atoms with E-state index in [0.717, 1.165) is 11.7 Å². The number of primary sulfonamides is 1. The average molecular weight is 340 g/mol. The van der Waals surface area contributed by atoms with Gasteiger partial charge in [0.1, 0.15) is 0 Å². The number of benzene rings is 2. The molecule has 100 valence electrons. The van der Waals surface area contributed by atoms with Crippen LogP contribution in [0.5, 0.6) is 0 Å². The van der Waals surface area contributed by atoms with Crippen molar-refractivity contribution >= 4 is 29.4 Å². The van der Waals surface area contributed by atoms with Crippen LogP contribution in [0.2, 0.25) is 5.32 Å². The third-order valence-corrected chi connectivity index (χ3v) is 5.71. The summed E-state index contributed by atoms with van der Waals surface area (Å²) in [6, 6.07) is 17.2. The molecule has 0 aliphatic carbocycles. The fourth-order valence-corrected chi connectivity index (χ4v) is 4.06. The van der Waals surface area contributed by atoms with Gasteiger partial charge in [-0.25, -0.2) is 0 Å². The van der Waals surface area contributed by atoms with Gasteiger partial charge in [-0.1, -0.05) is 0 Å². The van der Waals surface area contributed by atoms with E-state index in [1.807, 2.05) is 30.3 Å². The summed E-state index contributed by atoms with van der Waals surface area (Å²) in [6.07, 6.45) is 1.05. The summed E-state index contributed by atoms with van der Waals surface area (Å²) in [4.78, 5) is 0.176. The molecule has 2 rings (SSSR count). The molecule has 3 nitrogen and oxygen atoms in total. The molecule has 0 radical (unpaired) electrons. The number of hydrogen-bond donors (Lipinski definition) is 1. The van der Waals surface area contributed by atoms with Crippen molar-refractivity contribution in [1.82, 2.24) is 0 Å². The second-order valence-corrected chi connectivity index (χ2v) is 8.11. The van der Waals surface area contributed by atoms with Gasteiger partial charge < -0.3 is 0 Å². The van der Waals surface area contributed by atoms with Crippen molar-refractivity contribution in [2.45, 2.75) is 16.6 Å². The van der Waals surface area contributed by atoms with Crippen molar-refractivity contribution in [3.05, 3.63) is 60.2 Å². The molecule has 0 saturated heterocycles. The molecule has 19 heavy (non-hydrogen) atoms. The topological polar surface area (TPSA) is 60.2 Å². The van der Waals surface area contributed by atoms with Gasteiger partial charge in [0.25, 0.3) is 0 Å². The Labute approximate surface area is 120 Å². The molecule has 0 fully saturated rings. The van der Waals surface area contributed by atoms with E-state index >= 15 is 0 Å². The molecule has 0 aromatic heterocycles. The van der Waals surface area contributed by atoms with Crippen LogP contribution in [0.4, 0.5) is 0 Å². The summed E-state index contributed by atoms with van der Waals surface area (Å²) in [5.74, 6) is 0. The third kappa shape index (κ3) is 4.48. The van der Waals surface area contributed by atoms with E-state index in [1.165, 1.54) is 10.0 Å². The maximum atomic E-state index is 11.1. The van der Waals surface area contributed by atoms with Crippen LogP contribution in [0, 0.1) is 0 Å². The Kier molecular flexibility index (Phi) is 4.77. The quantitative estimate of drug-likeness (QED) is 0.835. The number of sulfonamides is 1. The molecule has 0 spiro atoms. The summed E-state index contributed by atoms with van der Waals surface area (Å²) >= 11 is 0.354. The van der Waals surface area contributed by atoms with Crippen molar-refractivity contribution < 1.29 is 8.42 Å². The van der Waals surface area contributed by atoms with Gasteiger partial charge in [-0.05, 0) is 0 Å². The molecular formula is C14H15NO2SSe. The van der Waals surface area contributed by atoms with Gasteiger partial charge in [-0.2, -0.15) is 0 Å². The van der Waals surface area contributed by atoms with E-state index in [0.29, 0.717) is 15.0 Å². The number of nitrogens with two attached hydrogens (primary N) is 1. The number of aryl methyl sites for hydroxylation is 1. The first kappa shape index (κ1) is 14.3. The molecule has 0 amide bonds. The summed E-state index contributed by atoms with van der Waals surface area (Å²) in [6.45, 7) is 0. The van der Waals surface area contributed by atoms with Crippen molar-refractivity contribution in [2.75, 3.05) is 0 Å². The summed E-state index contributed by atoms with van der Waals surface area (Å²) < 4.78 is 23.4. The summed E-state index contributed by atoms with van der Waals surface area (Å²) in [7, 11) is -3.58. The molecule has 2 aromatic carbocycles.